The lowest BCUT2D eigenvalue weighted by Gasteiger charge is -2.39. The molecule has 50 heavy (non-hydrogen) atoms. The smallest absolute Gasteiger partial charge is 0.264 e. The molecule has 2 aliphatic rings. The fourth-order valence-electron chi connectivity index (χ4n) is 7.07. The van der Waals surface area contributed by atoms with Gasteiger partial charge in [-0.15, -0.1) is 0 Å². The molecule has 1 N–H and O–H groups in total. The van der Waals surface area contributed by atoms with Crippen molar-refractivity contribution in [3.05, 3.63) is 89.0 Å². The molecule has 268 valence electrons. The van der Waals surface area contributed by atoms with Gasteiger partial charge in [0.1, 0.15) is 0 Å². The van der Waals surface area contributed by atoms with Crippen LogP contribution in [0.5, 0.6) is 11.5 Å². The number of benzene rings is 3. The number of hydrogen-bond donors (Lipinski definition) is 1. The lowest BCUT2D eigenvalue weighted by molar-refractivity contribution is -0.121. The predicted octanol–water partition coefficient (Wildman–Crippen LogP) is 5.94. The molecule has 1 fully saturated rings. The predicted molar refractivity (Wildman–Crippen MR) is 197 cm³/mol. The first-order valence-corrected chi connectivity index (χ1v) is 18.0. The van der Waals surface area contributed by atoms with Crippen molar-refractivity contribution in [2.45, 2.75) is 58.0 Å². The topological polar surface area (TPSA) is 94.7 Å². The monoisotopic (exact) mass is 683 g/mol. The molecule has 2 heterocycles. The molecule has 3 aromatic rings. The van der Waals surface area contributed by atoms with Crippen LogP contribution in [0.3, 0.4) is 0 Å². The van der Waals surface area contributed by atoms with Crippen LogP contribution < -0.4 is 19.7 Å². The average molecular weight is 684 g/mol. The summed E-state index contributed by atoms with van der Waals surface area (Å²) in [6, 6.07) is 21.4. The van der Waals surface area contributed by atoms with Crippen molar-refractivity contribution in [2.75, 3.05) is 72.0 Å². The van der Waals surface area contributed by atoms with Crippen LogP contribution in [0, 0.1) is 0 Å². The van der Waals surface area contributed by atoms with Crippen LogP contribution in [-0.4, -0.2) is 99.5 Å². The quantitative estimate of drug-likeness (QED) is 0.138. The Hall–Kier alpha value is -4.41. The molecule has 10 nitrogen and oxygen atoms in total. The first kappa shape index (κ1) is 36.9. The normalized spacial score (nSPS) is 16.0. The van der Waals surface area contributed by atoms with Crippen molar-refractivity contribution in [1.29, 1.82) is 0 Å². The number of fused-ring (bicyclic) bond motifs is 1. The van der Waals surface area contributed by atoms with E-state index in [2.05, 4.69) is 65.2 Å². The Balaban J connectivity index is 1.30. The molecule has 0 saturated carbocycles. The summed E-state index contributed by atoms with van der Waals surface area (Å²) < 4.78 is 11.1. The Morgan fingerprint density at radius 2 is 1.60 bits per heavy atom. The number of unbranched alkanes of at least 4 members (excludes halogenated alkanes) is 1. The Morgan fingerprint density at radius 1 is 0.860 bits per heavy atom. The molecule has 3 amide bonds. The van der Waals surface area contributed by atoms with Gasteiger partial charge in [0.05, 0.1) is 37.1 Å². The van der Waals surface area contributed by atoms with E-state index in [0.717, 1.165) is 63.4 Å². The van der Waals surface area contributed by atoms with Gasteiger partial charge in [0.2, 0.25) is 5.91 Å². The van der Waals surface area contributed by atoms with Gasteiger partial charge in [-0.3, -0.25) is 24.2 Å². The van der Waals surface area contributed by atoms with Gasteiger partial charge in [-0.2, -0.15) is 0 Å². The summed E-state index contributed by atoms with van der Waals surface area (Å²) in [4.78, 5) is 49.5. The minimum Gasteiger partial charge on any atom is -0.493 e. The lowest BCUT2D eigenvalue weighted by atomic mass is 9.99. The number of nitrogens with zero attached hydrogens (tertiary/aromatic N) is 4. The van der Waals surface area contributed by atoms with Crippen LogP contribution >= 0.6 is 0 Å². The third kappa shape index (κ3) is 8.47. The number of methoxy groups -OCH3 is 2. The van der Waals surface area contributed by atoms with Gasteiger partial charge in [-0.1, -0.05) is 49.4 Å². The summed E-state index contributed by atoms with van der Waals surface area (Å²) in [5.74, 6) is 0.524. The van der Waals surface area contributed by atoms with Crippen molar-refractivity contribution >= 4 is 23.4 Å². The second-order valence-electron chi connectivity index (χ2n) is 13.3. The van der Waals surface area contributed by atoms with E-state index in [4.69, 9.17) is 9.47 Å². The van der Waals surface area contributed by atoms with Crippen LogP contribution in [0.4, 0.5) is 5.69 Å². The summed E-state index contributed by atoms with van der Waals surface area (Å²) in [7, 11) is 5.23. The van der Waals surface area contributed by atoms with Crippen LogP contribution in [0.15, 0.2) is 66.7 Å². The Kier molecular flexibility index (Phi) is 12.9. The Labute approximate surface area is 297 Å². The second-order valence-corrected chi connectivity index (χ2v) is 13.3. The van der Waals surface area contributed by atoms with Crippen LogP contribution in [0.25, 0.3) is 0 Å². The average Bonchev–Trinajstić information content (AvgIpc) is 3.41. The molecular formula is C40H53N5O5. The van der Waals surface area contributed by atoms with E-state index in [1.54, 1.807) is 26.4 Å². The Morgan fingerprint density at radius 3 is 2.30 bits per heavy atom. The van der Waals surface area contributed by atoms with E-state index in [9.17, 15) is 14.4 Å². The molecule has 0 aliphatic carbocycles. The highest BCUT2D eigenvalue weighted by Crippen LogP contribution is 2.40. The third-order valence-corrected chi connectivity index (χ3v) is 10.2. The first-order chi connectivity index (χ1) is 24.3. The fraction of sp³-hybridized carbons (Fsp3) is 0.475. The number of amides is 3. The lowest BCUT2D eigenvalue weighted by Crippen LogP contribution is -2.47. The minimum atomic E-state index is -0.555. The van der Waals surface area contributed by atoms with Crippen molar-refractivity contribution in [3.8, 4) is 11.5 Å². The number of imide groups is 1. The number of carbonyl (C=O) groups is 3. The molecule has 1 saturated heterocycles. The Bertz CT molecular complexity index is 1610. The number of carbonyl (C=O) groups excluding carboxylic acids is 3. The standard InChI is InChI=1S/C40H53N5O5/c1-6-42(3)23-11-10-19-37(46)41-22-13-18-33(31-20-21-35(49-4)36(28-31)50-5)45-39(47)32-16-12-17-34(38(32)40(45)48)44-26-24-43(25-27-44)29(2)30-14-8-7-9-15-30/h7-9,12,14-17,20-21,28-29,33H,6,10-11,13,18-19,22-27H2,1-5H3,(H,41,46)/t29-,33-/m1/s1. The summed E-state index contributed by atoms with van der Waals surface area (Å²) >= 11 is 0. The van der Waals surface area contributed by atoms with E-state index >= 15 is 0 Å². The number of rotatable bonds is 17. The van der Waals surface area contributed by atoms with Crippen LogP contribution in [0.1, 0.15) is 89.9 Å². The van der Waals surface area contributed by atoms with Crippen LogP contribution in [-0.2, 0) is 4.79 Å². The van der Waals surface area contributed by atoms with E-state index in [0.29, 0.717) is 54.5 Å². The van der Waals surface area contributed by atoms with Crippen molar-refractivity contribution in [1.82, 2.24) is 20.0 Å². The zero-order valence-corrected chi connectivity index (χ0v) is 30.3. The maximum Gasteiger partial charge on any atom is 0.264 e. The fourth-order valence-corrected chi connectivity index (χ4v) is 7.07. The van der Waals surface area contributed by atoms with Gasteiger partial charge in [0.15, 0.2) is 11.5 Å². The SMILES string of the molecule is CCN(C)CCCCC(=O)NCCC[C@H](c1ccc(OC)c(OC)c1)N1C(=O)c2cccc(N3CCN([C@H](C)c4ccccc4)CC3)c2C1=O. The van der Waals surface area contributed by atoms with Gasteiger partial charge in [0, 0.05) is 45.2 Å². The summed E-state index contributed by atoms with van der Waals surface area (Å²) in [6.07, 6.45) is 3.36. The van der Waals surface area contributed by atoms with Gasteiger partial charge in [0.25, 0.3) is 11.8 Å². The maximum atomic E-state index is 14.4. The largest absolute Gasteiger partial charge is 0.493 e. The van der Waals surface area contributed by atoms with E-state index in [1.165, 1.54) is 10.5 Å². The molecule has 10 heteroatoms. The molecule has 5 rings (SSSR count). The molecule has 3 aromatic carbocycles. The minimum absolute atomic E-state index is 0.0236. The zero-order chi connectivity index (χ0) is 35.6. The molecule has 2 atom stereocenters. The highest BCUT2D eigenvalue weighted by atomic mass is 16.5. The maximum absolute atomic E-state index is 14.4. The summed E-state index contributed by atoms with van der Waals surface area (Å²) in [5, 5.41) is 3.04. The van der Waals surface area contributed by atoms with E-state index in [1.807, 2.05) is 30.3 Å². The third-order valence-electron chi connectivity index (χ3n) is 10.2. The number of nitrogens with one attached hydrogen (secondary N) is 1. The zero-order valence-electron chi connectivity index (χ0n) is 30.3. The number of piperazine rings is 1. The molecular weight excluding hydrogens is 630 g/mol. The van der Waals surface area contributed by atoms with Gasteiger partial charge < -0.3 is 24.6 Å². The summed E-state index contributed by atoms with van der Waals surface area (Å²) in [5.41, 5.74) is 3.76. The second kappa shape index (κ2) is 17.5. The first-order valence-electron chi connectivity index (χ1n) is 18.0. The number of ether oxygens (including phenoxy) is 2. The summed E-state index contributed by atoms with van der Waals surface area (Å²) in [6.45, 7) is 9.99. The van der Waals surface area contributed by atoms with Gasteiger partial charge in [-0.25, -0.2) is 0 Å². The molecule has 0 spiro atoms. The molecule has 0 aromatic heterocycles. The molecule has 0 unspecified atom stereocenters. The molecule has 2 aliphatic heterocycles. The number of anilines is 1. The van der Waals surface area contributed by atoms with Crippen molar-refractivity contribution in [2.24, 2.45) is 0 Å². The van der Waals surface area contributed by atoms with Crippen molar-refractivity contribution < 1.29 is 23.9 Å². The highest BCUT2D eigenvalue weighted by molar-refractivity contribution is 6.24. The van der Waals surface area contributed by atoms with E-state index < -0.39 is 6.04 Å². The van der Waals surface area contributed by atoms with Gasteiger partial charge in [-0.05, 0) is 88.1 Å². The van der Waals surface area contributed by atoms with Crippen LogP contribution in [0.2, 0.25) is 0 Å². The van der Waals surface area contributed by atoms with Crippen molar-refractivity contribution in [3.63, 3.8) is 0 Å². The molecule has 0 bridgehead atoms. The number of hydrogen-bond acceptors (Lipinski definition) is 8. The molecule has 0 radical (unpaired) electrons. The van der Waals surface area contributed by atoms with E-state index in [-0.39, 0.29) is 17.7 Å². The van der Waals surface area contributed by atoms with Gasteiger partial charge >= 0.3 is 0 Å². The highest BCUT2D eigenvalue weighted by Gasteiger charge is 2.43.